The summed E-state index contributed by atoms with van der Waals surface area (Å²) in [4.78, 5) is 0. The van der Waals surface area contributed by atoms with Crippen molar-refractivity contribution in [3.8, 4) is 0 Å². The third kappa shape index (κ3) is 12.1. The minimum atomic E-state index is -1.13. The fourth-order valence-electron chi connectivity index (χ4n) is 6.00. The number of aliphatic hydroxyl groups excluding tert-OH is 3. The standard InChI is InChI=1S/C32H64O6/c1-6-11-13-14-15-16-17-18-19-20-24-36-32(22-9-4,23-12-7-2)31-29(35)28(34)30(27(25-33)38-31)37-26(10-5)21-8-3/h26-31,33-35H,6-25H2,1-5H3/t26?,27-,28-,29-,30-,31?,32?/m1/s1. The number of aliphatic hydroxyl groups is 3. The van der Waals surface area contributed by atoms with E-state index in [2.05, 4.69) is 34.6 Å². The molecule has 0 aromatic carbocycles. The summed E-state index contributed by atoms with van der Waals surface area (Å²) in [5.41, 5.74) is -0.684. The molecule has 7 atom stereocenters. The normalized spacial score (nSPS) is 26.4. The first kappa shape index (κ1) is 35.8. The molecule has 1 heterocycles. The van der Waals surface area contributed by atoms with Gasteiger partial charge in [0.25, 0.3) is 0 Å². The minimum Gasteiger partial charge on any atom is -0.394 e. The van der Waals surface area contributed by atoms with Crippen molar-refractivity contribution in [3.05, 3.63) is 0 Å². The first-order valence-electron chi connectivity index (χ1n) is 16.4. The molecule has 0 aliphatic carbocycles. The van der Waals surface area contributed by atoms with Crippen LogP contribution in [-0.4, -0.2) is 70.8 Å². The molecule has 1 saturated heterocycles. The Labute approximate surface area is 235 Å². The van der Waals surface area contributed by atoms with Gasteiger partial charge in [-0.15, -0.1) is 0 Å². The number of hydrogen-bond donors (Lipinski definition) is 3. The molecule has 0 spiro atoms. The topological polar surface area (TPSA) is 88.4 Å². The lowest BCUT2D eigenvalue weighted by Gasteiger charge is -2.50. The van der Waals surface area contributed by atoms with Gasteiger partial charge < -0.3 is 29.5 Å². The Morgan fingerprint density at radius 1 is 0.711 bits per heavy atom. The van der Waals surface area contributed by atoms with Gasteiger partial charge in [0, 0.05) is 6.61 Å². The van der Waals surface area contributed by atoms with Crippen molar-refractivity contribution in [2.45, 2.75) is 192 Å². The highest BCUT2D eigenvalue weighted by Gasteiger charge is 2.53. The molecule has 0 aromatic rings. The van der Waals surface area contributed by atoms with Gasteiger partial charge in [0.1, 0.15) is 30.5 Å². The lowest BCUT2D eigenvalue weighted by atomic mass is 9.79. The fourth-order valence-corrected chi connectivity index (χ4v) is 6.00. The number of unbranched alkanes of at least 4 members (excludes halogenated alkanes) is 10. The van der Waals surface area contributed by atoms with E-state index in [1.54, 1.807) is 0 Å². The van der Waals surface area contributed by atoms with Crippen LogP contribution in [-0.2, 0) is 14.2 Å². The Balaban J connectivity index is 2.80. The predicted octanol–water partition coefficient (Wildman–Crippen LogP) is 7.10. The maximum atomic E-state index is 11.4. The third-order valence-electron chi connectivity index (χ3n) is 8.31. The summed E-state index contributed by atoms with van der Waals surface area (Å²) >= 11 is 0. The molecule has 0 saturated carbocycles. The maximum absolute atomic E-state index is 11.4. The van der Waals surface area contributed by atoms with Gasteiger partial charge in [-0.05, 0) is 32.1 Å². The SMILES string of the molecule is CCCCCCCCCCCCOC(CCC)(CCCC)C1O[C@H](CO)[C@@H](OC(CC)CCC)[C@H](O)[C@H]1O. The largest absolute Gasteiger partial charge is 0.394 e. The van der Waals surface area contributed by atoms with Crippen LogP contribution in [0.5, 0.6) is 0 Å². The first-order chi connectivity index (χ1) is 18.4. The zero-order valence-electron chi connectivity index (χ0n) is 25.7. The van der Waals surface area contributed by atoms with E-state index in [1.165, 1.54) is 51.4 Å². The van der Waals surface area contributed by atoms with Gasteiger partial charge in [-0.3, -0.25) is 0 Å². The summed E-state index contributed by atoms with van der Waals surface area (Å²) in [7, 11) is 0. The van der Waals surface area contributed by atoms with E-state index in [1.807, 2.05) is 0 Å². The predicted molar refractivity (Wildman–Crippen MR) is 157 cm³/mol. The smallest absolute Gasteiger partial charge is 0.115 e. The Bertz CT molecular complexity index is 544. The highest BCUT2D eigenvalue weighted by Crippen LogP contribution is 2.39. The number of ether oxygens (including phenoxy) is 3. The van der Waals surface area contributed by atoms with Gasteiger partial charge >= 0.3 is 0 Å². The molecule has 1 aliphatic rings. The molecular formula is C32H64O6. The molecule has 0 amide bonds. The Hall–Kier alpha value is -0.240. The van der Waals surface area contributed by atoms with Gasteiger partial charge in [0.2, 0.25) is 0 Å². The van der Waals surface area contributed by atoms with Crippen LogP contribution in [0.1, 0.15) is 150 Å². The molecule has 1 rings (SSSR count). The van der Waals surface area contributed by atoms with Crippen LogP contribution in [0.3, 0.4) is 0 Å². The van der Waals surface area contributed by atoms with E-state index in [0.717, 1.165) is 64.2 Å². The number of rotatable bonds is 24. The number of hydrogen-bond acceptors (Lipinski definition) is 6. The van der Waals surface area contributed by atoms with Crippen molar-refractivity contribution in [3.63, 3.8) is 0 Å². The van der Waals surface area contributed by atoms with Crippen LogP contribution < -0.4 is 0 Å². The maximum Gasteiger partial charge on any atom is 0.115 e. The van der Waals surface area contributed by atoms with Crippen molar-refractivity contribution < 1.29 is 29.5 Å². The molecule has 1 fully saturated rings. The summed E-state index contributed by atoms with van der Waals surface area (Å²) in [5, 5.41) is 32.8. The molecule has 1 aliphatic heterocycles. The van der Waals surface area contributed by atoms with E-state index in [4.69, 9.17) is 14.2 Å². The second-order valence-corrected chi connectivity index (χ2v) is 11.6. The molecule has 3 unspecified atom stereocenters. The molecule has 228 valence electrons. The van der Waals surface area contributed by atoms with E-state index in [0.29, 0.717) is 6.61 Å². The van der Waals surface area contributed by atoms with Crippen LogP contribution in [0.4, 0.5) is 0 Å². The molecule has 0 radical (unpaired) electrons. The Morgan fingerprint density at radius 2 is 1.32 bits per heavy atom. The van der Waals surface area contributed by atoms with Gasteiger partial charge in [-0.2, -0.15) is 0 Å². The molecule has 3 N–H and O–H groups in total. The van der Waals surface area contributed by atoms with Gasteiger partial charge in [-0.1, -0.05) is 118 Å². The van der Waals surface area contributed by atoms with Crippen molar-refractivity contribution in [2.24, 2.45) is 0 Å². The van der Waals surface area contributed by atoms with Crippen LogP contribution in [0.15, 0.2) is 0 Å². The van der Waals surface area contributed by atoms with Gasteiger partial charge in [0.15, 0.2) is 0 Å². The average Bonchev–Trinajstić information content (AvgIpc) is 2.92. The van der Waals surface area contributed by atoms with Crippen molar-refractivity contribution in [1.29, 1.82) is 0 Å². The zero-order valence-corrected chi connectivity index (χ0v) is 25.7. The molecule has 0 aromatic heterocycles. The molecular weight excluding hydrogens is 480 g/mol. The minimum absolute atomic E-state index is 0.0332. The van der Waals surface area contributed by atoms with E-state index in [9.17, 15) is 15.3 Å². The highest BCUT2D eigenvalue weighted by molar-refractivity contribution is 5.03. The van der Waals surface area contributed by atoms with Crippen LogP contribution in [0.25, 0.3) is 0 Å². The lowest BCUT2D eigenvalue weighted by molar-refractivity contribution is -0.294. The van der Waals surface area contributed by atoms with Crippen LogP contribution in [0.2, 0.25) is 0 Å². The van der Waals surface area contributed by atoms with Crippen molar-refractivity contribution in [2.75, 3.05) is 13.2 Å². The van der Waals surface area contributed by atoms with Crippen LogP contribution >= 0.6 is 0 Å². The molecule has 6 nitrogen and oxygen atoms in total. The summed E-state index contributed by atoms with van der Waals surface area (Å²) in [5.74, 6) is 0. The fraction of sp³-hybridized carbons (Fsp3) is 1.00. The zero-order chi connectivity index (χ0) is 28.2. The van der Waals surface area contributed by atoms with Crippen molar-refractivity contribution in [1.82, 2.24) is 0 Å². The molecule has 6 heteroatoms. The molecule has 38 heavy (non-hydrogen) atoms. The second-order valence-electron chi connectivity index (χ2n) is 11.6. The Morgan fingerprint density at radius 3 is 1.84 bits per heavy atom. The summed E-state index contributed by atoms with van der Waals surface area (Å²) in [6, 6.07) is 0. The quantitative estimate of drug-likeness (QED) is 0.112. The summed E-state index contributed by atoms with van der Waals surface area (Å²) < 4.78 is 19.3. The average molecular weight is 545 g/mol. The lowest BCUT2D eigenvalue weighted by Crippen LogP contribution is -2.66. The highest BCUT2D eigenvalue weighted by atomic mass is 16.6. The van der Waals surface area contributed by atoms with E-state index >= 15 is 0 Å². The first-order valence-corrected chi connectivity index (χ1v) is 16.4. The van der Waals surface area contributed by atoms with Crippen LogP contribution in [0, 0.1) is 0 Å². The van der Waals surface area contributed by atoms with Gasteiger partial charge in [-0.25, -0.2) is 0 Å². The monoisotopic (exact) mass is 544 g/mol. The second kappa shape index (κ2) is 21.5. The third-order valence-corrected chi connectivity index (χ3v) is 8.31. The summed E-state index contributed by atoms with van der Waals surface area (Å²) in [6.07, 6.45) is 15.3. The van der Waals surface area contributed by atoms with E-state index < -0.39 is 36.1 Å². The Kier molecular flexibility index (Phi) is 20.2. The summed E-state index contributed by atoms with van der Waals surface area (Å²) in [6.45, 7) is 11.1. The van der Waals surface area contributed by atoms with E-state index in [-0.39, 0.29) is 12.7 Å². The molecule has 0 bridgehead atoms. The van der Waals surface area contributed by atoms with Gasteiger partial charge in [0.05, 0.1) is 18.3 Å². The van der Waals surface area contributed by atoms with Crippen molar-refractivity contribution >= 4 is 0 Å².